The third-order valence-corrected chi connectivity index (χ3v) is 3.62. The van der Waals surface area contributed by atoms with Crippen LogP contribution in [0.4, 0.5) is 11.9 Å². The summed E-state index contributed by atoms with van der Waals surface area (Å²) < 4.78 is 25.9. The van der Waals surface area contributed by atoms with Crippen molar-refractivity contribution in [1.82, 2.24) is 15.0 Å². The molecule has 1 aromatic rings. The Morgan fingerprint density at radius 2 is 2.10 bits per heavy atom. The van der Waals surface area contributed by atoms with Crippen LogP contribution in [0.25, 0.3) is 0 Å². The number of nitrogens with zero attached hydrogens (tertiary/aromatic N) is 3. The van der Waals surface area contributed by atoms with Gasteiger partial charge in [0.05, 0.1) is 18.8 Å². The van der Waals surface area contributed by atoms with Crippen LogP contribution >= 0.6 is 0 Å². The van der Waals surface area contributed by atoms with Gasteiger partial charge in [-0.3, -0.25) is 4.18 Å². The molecule has 1 aromatic heterocycles. The molecule has 7 N–H and O–H groups in total. The smallest absolute Gasteiger partial charge is 0.333 e. The molecule has 0 aromatic carbocycles. The zero-order valence-electron chi connectivity index (χ0n) is 10.8. The van der Waals surface area contributed by atoms with Crippen LogP contribution in [0.3, 0.4) is 0 Å². The lowest BCUT2D eigenvalue weighted by molar-refractivity contribution is 0.00776. The van der Waals surface area contributed by atoms with Gasteiger partial charge in [0.15, 0.2) is 0 Å². The van der Waals surface area contributed by atoms with Crippen molar-refractivity contribution >= 4 is 22.2 Å². The molecule has 0 saturated heterocycles. The molecule has 0 bridgehead atoms. The van der Waals surface area contributed by atoms with Gasteiger partial charge in [0, 0.05) is 5.92 Å². The molecule has 1 saturated carbocycles. The van der Waals surface area contributed by atoms with Crippen LogP contribution in [0.1, 0.15) is 6.42 Å². The molecule has 11 nitrogen and oxygen atoms in total. The fourth-order valence-electron chi connectivity index (χ4n) is 2.16. The third-order valence-electron chi connectivity index (χ3n) is 3.15. The van der Waals surface area contributed by atoms with E-state index in [1.54, 1.807) is 0 Å². The molecule has 2 rings (SSSR count). The van der Waals surface area contributed by atoms with E-state index in [1.165, 1.54) is 6.33 Å². The number of hydrogen-bond donors (Lipinski definition) is 5. The predicted molar refractivity (Wildman–Crippen MR) is 70.8 cm³/mol. The molecule has 0 radical (unpaired) electrons. The van der Waals surface area contributed by atoms with Gasteiger partial charge >= 0.3 is 10.3 Å². The van der Waals surface area contributed by atoms with Gasteiger partial charge in [-0.25, -0.2) is 15.1 Å². The molecule has 12 heteroatoms. The van der Waals surface area contributed by atoms with Crippen LogP contribution < -0.4 is 16.2 Å². The monoisotopic (exact) mass is 320 g/mol. The molecule has 1 heterocycles. The Morgan fingerprint density at radius 3 is 2.71 bits per heavy atom. The quantitative estimate of drug-likeness (QED) is 0.379. The Kier molecular flexibility index (Phi) is 4.53. The Labute approximate surface area is 120 Å². The van der Waals surface area contributed by atoms with Crippen molar-refractivity contribution in [3.8, 4) is 0 Å². The maximum absolute atomic E-state index is 10.7. The maximum Gasteiger partial charge on any atom is 0.333 e. The van der Waals surface area contributed by atoms with Crippen molar-refractivity contribution in [3.63, 3.8) is 0 Å². The zero-order chi connectivity index (χ0) is 15.6. The number of anilines is 2. The van der Waals surface area contributed by atoms with Gasteiger partial charge in [-0.15, -0.1) is 0 Å². The average Bonchev–Trinajstić information content (AvgIpc) is 2.64. The molecular formula is C9H16N6O5S. The van der Waals surface area contributed by atoms with Crippen LogP contribution in [-0.4, -0.2) is 58.4 Å². The number of aromatic nitrogens is 3. The Morgan fingerprint density at radius 1 is 1.38 bits per heavy atom. The van der Waals surface area contributed by atoms with E-state index < -0.39 is 34.5 Å². The van der Waals surface area contributed by atoms with E-state index in [0.717, 1.165) is 0 Å². The standard InChI is InChI=1S/C9H16N6O5S/c10-8-12-3-13-9(15-8)14-5-1-4(6(16)7(5)17)2-20-21(11,18)19/h3-7,16-17H,1-2H2,(H2,11,18,19)(H3,10,12,13,14,15)/t4-,5-,6-,7+/m1/s1. The second kappa shape index (κ2) is 6.03. The number of nitrogen functional groups attached to an aromatic ring is 1. The van der Waals surface area contributed by atoms with Gasteiger partial charge in [-0.1, -0.05) is 0 Å². The predicted octanol–water partition coefficient (Wildman–Crippen LogP) is -2.80. The van der Waals surface area contributed by atoms with E-state index in [4.69, 9.17) is 10.9 Å². The molecule has 21 heavy (non-hydrogen) atoms. The van der Waals surface area contributed by atoms with Crippen molar-refractivity contribution in [3.05, 3.63) is 6.33 Å². The molecule has 0 aliphatic heterocycles. The van der Waals surface area contributed by atoms with Gasteiger partial charge in [0.25, 0.3) is 0 Å². The Balaban J connectivity index is 1.99. The van der Waals surface area contributed by atoms with Gasteiger partial charge in [-0.2, -0.15) is 13.4 Å². The molecule has 1 aliphatic rings. The summed E-state index contributed by atoms with van der Waals surface area (Å²) in [6.07, 6.45) is -0.867. The lowest BCUT2D eigenvalue weighted by Gasteiger charge is -2.17. The van der Waals surface area contributed by atoms with Gasteiger partial charge in [-0.05, 0) is 6.42 Å². The van der Waals surface area contributed by atoms with Crippen molar-refractivity contribution in [2.24, 2.45) is 11.1 Å². The Bertz CT molecular complexity index is 598. The molecule has 0 unspecified atom stereocenters. The third kappa shape index (κ3) is 4.18. The number of nitrogens with one attached hydrogen (secondary N) is 1. The minimum absolute atomic E-state index is 0.00893. The van der Waals surface area contributed by atoms with Crippen molar-refractivity contribution < 1.29 is 22.8 Å². The van der Waals surface area contributed by atoms with Gasteiger partial charge < -0.3 is 21.3 Å². The minimum atomic E-state index is -4.10. The molecule has 1 fully saturated rings. The summed E-state index contributed by atoms with van der Waals surface area (Å²) >= 11 is 0. The summed E-state index contributed by atoms with van der Waals surface area (Å²) in [7, 11) is -4.10. The van der Waals surface area contributed by atoms with Crippen molar-refractivity contribution in [1.29, 1.82) is 0 Å². The lowest BCUT2D eigenvalue weighted by atomic mass is 10.1. The SMILES string of the molecule is Nc1ncnc(N[C@@H]2C[C@H](COS(N)(=O)=O)[C@@H](O)[C@H]2O)n1. The summed E-state index contributed by atoms with van der Waals surface area (Å²) in [5, 5.41) is 27.3. The number of rotatable bonds is 5. The molecule has 0 amide bonds. The average molecular weight is 320 g/mol. The van der Waals surface area contributed by atoms with Crippen LogP contribution in [0.2, 0.25) is 0 Å². The molecular weight excluding hydrogens is 304 g/mol. The highest BCUT2D eigenvalue weighted by molar-refractivity contribution is 7.84. The zero-order valence-corrected chi connectivity index (χ0v) is 11.6. The largest absolute Gasteiger partial charge is 0.390 e. The van der Waals surface area contributed by atoms with E-state index in [2.05, 4.69) is 24.5 Å². The highest BCUT2D eigenvalue weighted by atomic mass is 32.2. The summed E-state index contributed by atoms with van der Waals surface area (Å²) in [5.74, 6) is -0.448. The van der Waals surface area contributed by atoms with E-state index in [9.17, 15) is 18.6 Å². The number of aliphatic hydroxyl groups excluding tert-OH is 2. The summed E-state index contributed by atoms with van der Waals surface area (Å²) in [6, 6.07) is -0.587. The van der Waals surface area contributed by atoms with Crippen molar-refractivity contribution in [2.75, 3.05) is 17.7 Å². The normalized spacial score (nSPS) is 29.5. The molecule has 4 atom stereocenters. The fourth-order valence-corrected chi connectivity index (χ4v) is 2.52. The van der Waals surface area contributed by atoms with Crippen LogP contribution in [0.15, 0.2) is 6.33 Å². The summed E-state index contributed by atoms with van der Waals surface area (Å²) in [4.78, 5) is 11.3. The first kappa shape index (κ1) is 15.8. The van der Waals surface area contributed by atoms with Crippen LogP contribution in [0, 0.1) is 5.92 Å². The number of nitrogens with two attached hydrogens (primary N) is 2. The second-order valence-corrected chi connectivity index (χ2v) is 5.89. The summed E-state index contributed by atoms with van der Waals surface area (Å²) in [5.41, 5.74) is 5.40. The van der Waals surface area contributed by atoms with E-state index >= 15 is 0 Å². The number of aliphatic hydroxyl groups is 2. The maximum atomic E-state index is 10.7. The molecule has 1 aliphatic carbocycles. The lowest BCUT2D eigenvalue weighted by Crippen LogP contribution is -2.36. The molecule has 118 valence electrons. The topological polar surface area (TPSA) is 187 Å². The second-order valence-electron chi connectivity index (χ2n) is 4.67. The van der Waals surface area contributed by atoms with E-state index in [0.29, 0.717) is 0 Å². The number of hydrogen-bond acceptors (Lipinski definition) is 10. The van der Waals surface area contributed by atoms with E-state index in [-0.39, 0.29) is 24.9 Å². The Hall–Kier alpha value is -1.60. The van der Waals surface area contributed by atoms with Crippen LogP contribution in [0.5, 0.6) is 0 Å². The van der Waals surface area contributed by atoms with Gasteiger partial charge in [0.2, 0.25) is 11.9 Å². The first-order valence-corrected chi connectivity index (χ1v) is 7.48. The highest BCUT2D eigenvalue weighted by Crippen LogP contribution is 2.29. The molecule has 0 spiro atoms. The van der Waals surface area contributed by atoms with E-state index in [1.807, 2.05) is 0 Å². The fraction of sp³-hybridized carbons (Fsp3) is 0.667. The first-order chi connectivity index (χ1) is 9.76. The van der Waals surface area contributed by atoms with Crippen LogP contribution in [-0.2, 0) is 14.5 Å². The summed E-state index contributed by atoms with van der Waals surface area (Å²) in [6.45, 7) is -0.325. The minimum Gasteiger partial charge on any atom is -0.390 e. The first-order valence-electron chi connectivity index (χ1n) is 6.00. The van der Waals surface area contributed by atoms with Gasteiger partial charge in [0.1, 0.15) is 12.4 Å². The van der Waals surface area contributed by atoms with Crippen molar-refractivity contribution in [2.45, 2.75) is 24.7 Å². The highest BCUT2D eigenvalue weighted by Gasteiger charge is 2.42.